The molecule has 4 heteroatoms. The average Bonchev–Trinajstić information content (AvgIpc) is 2.38. The average molecular weight is 253 g/mol. The van der Waals surface area contributed by atoms with Crippen LogP contribution in [0.1, 0.15) is 18.4 Å². The molecule has 1 aliphatic rings. The second-order valence-corrected chi connectivity index (χ2v) is 5.12. The molecule has 0 aliphatic carbocycles. The Labute approximate surface area is 107 Å². The van der Waals surface area contributed by atoms with E-state index in [2.05, 4.69) is 4.90 Å². The maximum atomic E-state index is 13.5. The van der Waals surface area contributed by atoms with Gasteiger partial charge in [-0.15, -0.1) is 0 Å². The van der Waals surface area contributed by atoms with Crippen molar-refractivity contribution in [1.29, 1.82) is 0 Å². The third-order valence-electron chi connectivity index (χ3n) is 3.80. The molecule has 18 heavy (non-hydrogen) atoms. The number of hydrogen-bond acceptors (Lipinski definition) is 3. The van der Waals surface area contributed by atoms with E-state index in [1.165, 1.54) is 12.1 Å². The molecule has 1 aromatic carbocycles. The smallest absolute Gasteiger partial charge is 0.123 e. The van der Waals surface area contributed by atoms with Crippen LogP contribution in [0.15, 0.2) is 18.2 Å². The quantitative estimate of drug-likeness (QED) is 0.891. The lowest BCUT2D eigenvalue weighted by Gasteiger charge is -2.41. The van der Waals surface area contributed by atoms with Crippen molar-refractivity contribution in [2.24, 2.45) is 0 Å². The highest BCUT2D eigenvalue weighted by atomic mass is 19.1. The number of benzene rings is 1. The van der Waals surface area contributed by atoms with Crippen LogP contribution < -0.4 is 4.74 Å². The van der Waals surface area contributed by atoms with Gasteiger partial charge in [0.05, 0.1) is 13.7 Å². The van der Waals surface area contributed by atoms with Gasteiger partial charge in [0.1, 0.15) is 11.6 Å². The zero-order chi connectivity index (χ0) is 13.2. The van der Waals surface area contributed by atoms with Crippen LogP contribution in [0.2, 0.25) is 0 Å². The molecule has 1 heterocycles. The van der Waals surface area contributed by atoms with Crippen LogP contribution in [-0.4, -0.2) is 43.9 Å². The zero-order valence-corrected chi connectivity index (χ0v) is 10.9. The molecule has 3 nitrogen and oxygen atoms in total. The number of methoxy groups -OCH3 is 1. The third kappa shape index (κ3) is 2.35. The number of ether oxygens (including phenoxy) is 1. The maximum Gasteiger partial charge on any atom is 0.123 e. The van der Waals surface area contributed by atoms with Gasteiger partial charge in [-0.05, 0) is 44.6 Å². The molecule has 2 rings (SSSR count). The lowest BCUT2D eigenvalue weighted by Crippen LogP contribution is -2.47. The van der Waals surface area contributed by atoms with Gasteiger partial charge in [-0.1, -0.05) is 0 Å². The van der Waals surface area contributed by atoms with E-state index in [1.54, 1.807) is 13.2 Å². The molecule has 1 N–H and O–H groups in total. The highest BCUT2D eigenvalue weighted by Crippen LogP contribution is 2.38. The van der Waals surface area contributed by atoms with Crippen molar-refractivity contribution in [3.05, 3.63) is 29.6 Å². The highest BCUT2D eigenvalue weighted by molar-refractivity contribution is 5.41. The normalized spacial score (nSPS) is 25.1. The molecular weight excluding hydrogens is 233 g/mol. The van der Waals surface area contributed by atoms with Crippen LogP contribution >= 0.6 is 0 Å². The summed E-state index contributed by atoms with van der Waals surface area (Å²) in [4.78, 5) is 2.17. The van der Waals surface area contributed by atoms with Crippen LogP contribution in [0.25, 0.3) is 0 Å². The molecule has 0 radical (unpaired) electrons. The van der Waals surface area contributed by atoms with Crippen molar-refractivity contribution >= 4 is 0 Å². The first-order valence-corrected chi connectivity index (χ1v) is 6.25. The van der Waals surface area contributed by atoms with Crippen molar-refractivity contribution < 1.29 is 14.2 Å². The van der Waals surface area contributed by atoms with Gasteiger partial charge < -0.3 is 14.7 Å². The molecular formula is C14H20FNO2. The number of hydrogen-bond donors (Lipinski definition) is 1. The van der Waals surface area contributed by atoms with E-state index in [9.17, 15) is 9.50 Å². The van der Waals surface area contributed by atoms with Crippen LogP contribution in [0.3, 0.4) is 0 Å². The lowest BCUT2D eigenvalue weighted by atomic mass is 9.74. The second kappa shape index (κ2) is 5.24. The first-order chi connectivity index (χ1) is 8.61. The summed E-state index contributed by atoms with van der Waals surface area (Å²) in [5, 5.41) is 9.82. The molecule has 0 spiro atoms. The minimum absolute atomic E-state index is 0.0111. The van der Waals surface area contributed by atoms with E-state index in [-0.39, 0.29) is 12.4 Å². The largest absolute Gasteiger partial charge is 0.496 e. The first-order valence-electron chi connectivity index (χ1n) is 6.25. The molecule has 0 amide bonds. The number of likely N-dealkylation sites (tertiary alicyclic amines) is 1. The van der Waals surface area contributed by atoms with Crippen LogP contribution in [0, 0.1) is 5.82 Å². The molecule has 1 saturated heterocycles. The highest BCUT2D eigenvalue weighted by Gasteiger charge is 2.38. The van der Waals surface area contributed by atoms with E-state index >= 15 is 0 Å². The van der Waals surface area contributed by atoms with E-state index in [1.807, 2.05) is 7.05 Å². The molecule has 0 aromatic heterocycles. The number of nitrogens with zero attached hydrogens (tertiary/aromatic N) is 1. The van der Waals surface area contributed by atoms with Gasteiger partial charge in [-0.2, -0.15) is 0 Å². The zero-order valence-electron chi connectivity index (χ0n) is 10.9. The molecule has 100 valence electrons. The number of rotatable bonds is 3. The Kier molecular flexibility index (Phi) is 3.88. The summed E-state index contributed by atoms with van der Waals surface area (Å²) in [5.74, 6) is 0.368. The van der Waals surface area contributed by atoms with Crippen LogP contribution in [0.5, 0.6) is 5.75 Å². The minimum atomic E-state index is -0.416. The first kappa shape index (κ1) is 13.3. The summed E-state index contributed by atoms with van der Waals surface area (Å²) in [6.45, 7) is 1.75. The van der Waals surface area contributed by atoms with Gasteiger partial charge in [0, 0.05) is 17.5 Å². The van der Waals surface area contributed by atoms with E-state index in [0.717, 1.165) is 31.5 Å². The summed E-state index contributed by atoms with van der Waals surface area (Å²) in [6.07, 6.45) is 1.85. The summed E-state index contributed by atoms with van der Waals surface area (Å²) < 4.78 is 18.8. The van der Waals surface area contributed by atoms with Gasteiger partial charge in [-0.3, -0.25) is 0 Å². The van der Waals surface area contributed by atoms with E-state index in [4.69, 9.17) is 4.74 Å². The number of aliphatic hydroxyl groups is 1. The Morgan fingerprint density at radius 3 is 2.89 bits per heavy atom. The number of halogens is 1. The Balaban J connectivity index is 2.45. The fourth-order valence-electron chi connectivity index (χ4n) is 2.89. The predicted molar refractivity (Wildman–Crippen MR) is 68.4 cm³/mol. The Hall–Kier alpha value is -1.13. The van der Waals surface area contributed by atoms with Gasteiger partial charge in [0.15, 0.2) is 0 Å². The fourth-order valence-corrected chi connectivity index (χ4v) is 2.89. The fraction of sp³-hybridized carbons (Fsp3) is 0.571. The van der Waals surface area contributed by atoms with Crippen molar-refractivity contribution in [1.82, 2.24) is 4.90 Å². The van der Waals surface area contributed by atoms with Crippen molar-refractivity contribution in [2.75, 3.05) is 33.9 Å². The summed E-state index contributed by atoms with van der Waals surface area (Å²) in [6, 6.07) is 4.52. The molecule has 1 unspecified atom stereocenters. The van der Waals surface area contributed by atoms with Gasteiger partial charge >= 0.3 is 0 Å². The standard InChI is InChI=1S/C14H20FNO2/c1-16-7-3-6-14(9-16,10-17)12-8-11(15)4-5-13(12)18-2/h4-5,8,17H,3,6-7,9-10H2,1-2H3. The summed E-state index contributed by atoms with van der Waals surface area (Å²) in [7, 11) is 3.60. The molecule has 0 saturated carbocycles. The van der Waals surface area contributed by atoms with Crippen molar-refractivity contribution in [2.45, 2.75) is 18.3 Å². The SMILES string of the molecule is COc1ccc(F)cc1C1(CO)CCCN(C)C1. The number of likely N-dealkylation sites (N-methyl/N-ethyl adjacent to an activating group) is 1. The molecule has 1 atom stereocenters. The molecule has 1 aromatic rings. The third-order valence-corrected chi connectivity index (χ3v) is 3.80. The lowest BCUT2D eigenvalue weighted by molar-refractivity contribution is 0.102. The van der Waals surface area contributed by atoms with Crippen LogP contribution in [-0.2, 0) is 5.41 Å². The summed E-state index contributed by atoms with van der Waals surface area (Å²) in [5.41, 5.74) is 0.361. The van der Waals surface area contributed by atoms with Gasteiger partial charge in [-0.25, -0.2) is 4.39 Å². The van der Waals surface area contributed by atoms with Crippen LogP contribution in [0.4, 0.5) is 4.39 Å². The van der Waals surface area contributed by atoms with E-state index < -0.39 is 5.41 Å². The van der Waals surface area contributed by atoms with Gasteiger partial charge in [0.2, 0.25) is 0 Å². The second-order valence-electron chi connectivity index (χ2n) is 5.12. The van der Waals surface area contributed by atoms with Gasteiger partial charge in [0.25, 0.3) is 0 Å². The van der Waals surface area contributed by atoms with Crippen molar-refractivity contribution in [3.8, 4) is 5.75 Å². The molecule has 0 bridgehead atoms. The minimum Gasteiger partial charge on any atom is -0.496 e. The number of piperidine rings is 1. The molecule has 1 fully saturated rings. The number of aliphatic hydroxyl groups excluding tert-OH is 1. The maximum absolute atomic E-state index is 13.5. The topological polar surface area (TPSA) is 32.7 Å². The monoisotopic (exact) mass is 253 g/mol. The Morgan fingerprint density at radius 2 is 2.28 bits per heavy atom. The Bertz CT molecular complexity index is 424. The van der Waals surface area contributed by atoms with E-state index in [0.29, 0.717) is 5.75 Å². The summed E-state index contributed by atoms with van der Waals surface area (Å²) >= 11 is 0. The molecule has 1 aliphatic heterocycles. The van der Waals surface area contributed by atoms with Crippen molar-refractivity contribution in [3.63, 3.8) is 0 Å². The predicted octanol–water partition coefficient (Wildman–Crippen LogP) is 1.79. The Morgan fingerprint density at radius 1 is 1.50 bits per heavy atom.